The van der Waals surface area contributed by atoms with Gasteiger partial charge in [-0.3, -0.25) is 14.3 Å². The molecule has 0 bridgehead atoms. The van der Waals surface area contributed by atoms with E-state index in [2.05, 4.69) is 9.65 Å². The van der Waals surface area contributed by atoms with Crippen molar-refractivity contribution in [3.63, 3.8) is 0 Å². The van der Waals surface area contributed by atoms with Gasteiger partial charge in [0.2, 0.25) is 0 Å². The lowest BCUT2D eigenvalue weighted by molar-refractivity contribution is -0.0269. The summed E-state index contributed by atoms with van der Waals surface area (Å²) >= 11 is 0. The standard InChI is InChI=1S/C21H25FN3O5P/c1-2-15-19(17(22)20(28-15)24-12-10-16(26)23-21(24)27)30-31-25-11-6-9-14(25)18(29-31)13-7-4-3-5-8-13/h3-5,7-8,10,12,14-15,17-20H,2,6,9,11H2,1H3,(H,23,26,27)/t14-,15-,17?,18+,19+,20-,31+/m1/s1. The van der Waals surface area contributed by atoms with Gasteiger partial charge in [0.15, 0.2) is 12.4 Å². The average Bonchev–Trinajstić information content (AvgIpc) is 3.45. The smallest absolute Gasteiger partial charge is 0.330 e. The molecule has 0 amide bonds. The molecule has 3 aliphatic heterocycles. The predicted octanol–water partition coefficient (Wildman–Crippen LogP) is 3.03. The van der Waals surface area contributed by atoms with Crippen LogP contribution in [0.15, 0.2) is 52.2 Å². The van der Waals surface area contributed by atoms with Crippen LogP contribution in [0, 0.1) is 0 Å². The molecule has 31 heavy (non-hydrogen) atoms. The minimum Gasteiger partial charge on any atom is -0.349 e. The highest BCUT2D eigenvalue weighted by Crippen LogP contribution is 2.61. The molecule has 4 heterocycles. The molecule has 10 heteroatoms. The number of aromatic nitrogens is 2. The molecule has 3 saturated heterocycles. The molecule has 2 aromatic rings. The number of nitrogens with zero attached hydrogens (tertiary/aromatic N) is 2. The number of benzene rings is 1. The van der Waals surface area contributed by atoms with Gasteiger partial charge in [0.1, 0.15) is 12.2 Å². The first kappa shape index (κ1) is 21.0. The fraction of sp³-hybridized carbons (Fsp3) is 0.524. The fourth-order valence-electron chi connectivity index (χ4n) is 4.63. The summed E-state index contributed by atoms with van der Waals surface area (Å²) in [5.41, 5.74) is -0.149. The molecule has 3 aliphatic rings. The summed E-state index contributed by atoms with van der Waals surface area (Å²) in [5.74, 6) is 0. The summed E-state index contributed by atoms with van der Waals surface area (Å²) in [4.78, 5) is 25.7. The van der Waals surface area contributed by atoms with E-state index in [0.717, 1.165) is 29.5 Å². The van der Waals surface area contributed by atoms with Crippen molar-refractivity contribution >= 4 is 8.53 Å². The first-order valence-electron chi connectivity index (χ1n) is 10.6. The van der Waals surface area contributed by atoms with E-state index in [1.165, 1.54) is 12.3 Å². The molecule has 0 spiro atoms. The van der Waals surface area contributed by atoms with Gasteiger partial charge in [0.25, 0.3) is 14.1 Å². The Kier molecular flexibility index (Phi) is 5.79. The van der Waals surface area contributed by atoms with Crippen molar-refractivity contribution < 1.29 is 18.2 Å². The number of fused-ring (bicyclic) bond motifs is 1. The zero-order valence-corrected chi connectivity index (χ0v) is 18.0. The second kappa shape index (κ2) is 8.56. The van der Waals surface area contributed by atoms with Crippen LogP contribution in [0.2, 0.25) is 0 Å². The monoisotopic (exact) mass is 449 g/mol. The van der Waals surface area contributed by atoms with Gasteiger partial charge >= 0.3 is 5.69 Å². The third-order valence-corrected chi connectivity index (χ3v) is 7.91. The van der Waals surface area contributed by atoms with E-state index in [9.17, 15) is 9.59 Å². The van der Waals surface area contributed by atoms with Gasteiger partial charge < -0.3 is 13.8 Å². The molecular formula is C21H25FN3O5P. The number of nitrogens with one attached hydrogen (secondary N) is 1. The number of alkyl halides is 1. The van der Waals surface area contributed by atoms with Gasteiger partial charge in [-0.15, -0.1) is 0 Å². The van der Waals surface area contributed by atoms with Crippen LogP contribution < -0.4 is 11.2 Å². The van der Waals surface area contributed by atoms with E-state index in [1.807, 2.05) is 37.3 Å². The predicted molar refractivity (Wildman–Crippen MR) is 112 cm³/mol. The van der Waals surface area contributed by atoms with Gasteiger partial charge in [0.05, 0.1) is 6.10 Å². The molecule has 1 aromatic heterocycles. The molecule has 7 atom stereocenters. The summed E-state index contributed by atoms with van der Waals surface area (Å²) in [5, 5.41) is 0. The third kappa shape index (κ3) is 3.79. The van der Waals surface area contributed by atoms with E-state index in [1.54, 1.807) is 0 Å². The summed E-state index contributed by atoms with van der Waals surface area (Å²) in [6.07, 6.45) is -0.389. The molecule has 1 unspecified atom stereocenters. The van der Waals surface area contributed by atoms with Crippen LogP contribution in [0.3, 0.4) is 0 Å². The Morgan fingerprint density at radius 1 is 1.26 bits per heavy atom. The highest BCUT2D eigenvalue weighted by molar-refractivity contribution is 7.45. The second-order valence-electron chi connectivity index (χ2n) is 8.05. The number of ether oxygens (including phenoxy) is 1. The van der Waals surface area contributed by atoms with E-state index >= 15 is 4.39 Å². The Morgan fingerprint density at radius 2 is 2.06 bits per heavy atom. The molecule has 166 valence electrons. The van der Waals surface area contributed by atoms with Gasteiger partial charge in [-0.1, -0.05) is 37.3 Å². The number of aromatic amines is 1. The molecule has 8 nitrogen and oxygen atoms in total. The maximum atomic E-state index is 15.5. The van der Waals surface area contributed by atoms with Crippen molar-refractivity contribution in [2.45, 2.75) is 62.9 Å². The molecule has 0 saturated carbocycles. The lowest BCUT2D eigenvalue weighted by Gasteiger charge is -2.26. The Morgan fingerprint density at radius 3 is 2.81 bits per heavy atom. The Bertz CT molecular complexity index is 1030. The van der Waals surface area contributed by atoms with Crippen LogP contribution in [0.25, 0.3) is 0 Å². The maximum absolute atomic E-state index is 15.5. The van der Waals surface area contributed by atoms with E-state index in [0.29, 0.717) is 6.42 Å². The Labute approximate surface area is 179 Å². The van der Waals surface area contributed by atoms with Crippen molar-refractivity contribution in [1.82, 2.24) is 14.2 Å². The molecule has 5 rings (SSSR count). The highest BCUT2D eigenvalue weighted by Gasteiger charge is 2.53. The van der Waals surface area contributed by atoms with E-state index < -0.39 is 44.4 Å². The topological polar surface area (TPSA) is 85.8 Å². The highest BCUT2D eigenvalue weighted by atomic mass is 31.2. The van der Waals surface area contributed by atoms with E-state index in [4.69, 9.17) is 13.8 Å². The van der Waals surface area contributed by atoms with Gasteiger partial charge in [-0.25, -0.2) is 13.9 Å². The summed E-state index contributed by atoms with van der Waals surface area (Å²) < 4.78 is 37.2. The maximum Gasteiger partial charge on any atom is 0.330 e. The molecule has 0 aliphatic carbocycles. The Hall–Kier alpha value is -1.90. The number of halogens is 1. The van der Waals surface area contributed by atoms with Crippen LogP contribution in [0.4, 0.5) is 4.39 Å². The van der Waals surface area contributed by atoms with Crippen LogP contribution in [-0.2, 0) is 13.8 Å². The number of hydrogen-bond donors (Lipinski definition) is 1. The van der Waals surface area contributed by atoms with Gasteiger partial charge in [-0.2, -0.15) is 0 Å². The summed E-state index contributed by atoms with van der Waals surface area (Å²) in [6, 6.07) is 11.4. The minimum absolute atomic E-state index is 0.104. The molecule has 3 fully saturated rings. The van der Waals surface area contributed by atoms with Crippen molar-refractivity contribution in [1.29, 1.82) is 0 Å². The number of hydrogen-bond acceptors (Lipinski definition) is 6. The zero-order valence-electron chi connectivity index (χ0n) is 17.1. The van der Waals surface area contributed by atoms with Crippen molar-refractivity contribution in [3.8, 4) is 0 Å². The average molecular weight is 449 g/mol. The summed E-state index contributed by atoms with van der Waals surface area (Å²) in [7, 11) is -1.45. The normalized spacial score (nSPS) is 35.5. The van der Waals surface area contributed by atoms with E-state index in [-0.39, 0.29) is 12.1 Å². The lowest BCUT2D eigenvalue weighted by Crippen LogP contribution is -2.36. The summed E-state index contributed by atoms with van der Waals surface area (Å²) in [6.45, 7) is 2.74. The van der Waals surface area contributed by atoms with Crippen molar-refractivity contribution in [3.05, 3.63) is 69.0 Å². The van der Waals surface area contributed by atoms with Crippen molar-refractivity contribution in [2.24, 2.45) is 0 Å². The van der Waals surface area contributed by atoms with Crippen molar-refractivity contribution in [2.75, 3.05) is 6.54 Å². The minimum atomic E-state index is -1.57. The van der Waals surface area contributed by atoms with Crippen LogP contribution in [0.1, 0.15) is 44.1 Å². The second-order valence-corrected chi connectivity index (χ2v) is 9.46. The van der Waals surface area contributed by atoms with Gasteiger partial charge in [0, 0.05) is 24.8 Å². The molecule has 0 radical (unpaired) electrons. The molecular weight excluding hydrogens is 424 g/mol. The number of rotatable bonds is 5. The first-order chi connectivity index (χ1) is 15.1. The fourth-order valence-corrected chi connectivity index (χ4v) is 6.62. The van der Waals surface area contributed by atoms with Crippen LogP contribution in [0.5, 0.6) is 0 Å². The molecule has 1 aromatic carbocycles. The quantitative estimate of drug-likeness (QED) is 0.707. The number of H-pyrrole nitrogens is 1. The van der Waals surface area contributed by atoms with Crippen LogP contribution in [-0.4, -0.2) is 45.2 Å². The zero-order chi connectivity index (χ0) is 21.5. The Balaban J connectivity index is 1.37. The van der Waals surface area contributed by atoms with Gasteiger partial charge in [-0.05, 0) is 24.8 Å². The van der Waals surface area contributed by atoms with Crippen LogP contribution >= 0.6 is 8.53 Å². The largest absolute Gasteiger partial charge is 0.349 e. The molecule has 1 N–H and O–H groups in total. The SMILES string of the molecule is CC[C@H]1O[C@@H](n2ccc(=O)[nH]c2=O)C(F)[C@H]1O[P@]1O[C@@H](c2ccccc2)[C@H]2CCCN21. The lowest BCUT2D eigenvalue weighted by atomic mass is 10.0. The third-order valence-electron chi connectivity index (χ3n) is 6.17. The first-order valence-corrected chi connectivity index (χ1v) is 11.8.